The van der Waals surface area contributed by atoms with Crippen molar-refractivity contribution in [2.45, 2.75) is 9.79 Å². The lowest BCUT2D eigenvalue weighted by atomic mass is 10.2. The van der Waals surface area contributed by atoms with Crippen LogP contribution in [0.3, 0.4) is 0 Å². The molecule has 2 rings (SSSR count). The van der Waals surface area contributed by atoms with E-state index in [2.05, 4.69) is 0 Å². The minimum Gasteiger partial charge on any atom is -0.478 e. The molecule has 0 fully saturated rings. The fourth-order valence-corrected chi connectivity index (χ4v) is 2.80. The highest BCUT2D eigenvalue weighted by Gasteiger charge is 2.17. The quantitative estimate of drug-likeness (QED) is 0.843. The Hall–Kier alpha value is -1.72. The average Bonchev–Trinajstić information content (AvgIpc) is 2.34. The third-order valence-corrected chi connectivity index (χ3v) is 3.95. The summed E-state index contributed by atoms with van der Waals surface area (Å²) in [6.07, 6.45) is 0. The maximum atomic E-state index is 13.6. The van der Waals surface area contributed by atoms with Crippen LogP contribution in [0.1, 0.15) is 10.4 Å². The van der Waals surface area contributed by atoms with Gasteiger partial charge in [-0.2, -0.15) is 0 Å². The number of carboxylic acid groups (broad SMARTS) is 1. The van der Waals surface area contributed by atoms with Gasteiger partial charge in [-0.05, 0) is 24.3 Å². The predicted octanol–water partition coefficient (Wildman–Crippen LogP) is 3.91. The van der Waals surface area contributed by atoms with Crippen LogP contribution in [0.2, 0.25) is 5.02 Å². The molecule has 0 saturated carbocycles. The second-order valence-corrected chi connectivity index (χ2v) is 5.18. The molecule has 0 aromatic heterocycles. The van der Waals surface area contributed by atoms with Gasteiger partial charge in [0.15, 0.2) is 0 Å². The lowest BCUT2D eigenvalue weighted by Gasteiger charge is -2.10. The van der Waals surface area contributed by atoms with E-state index in [1.807, 2.05) is 0 Å². The monoisotopic (exact) mass is 297 g/mol. The first kappa shape index (κ1) is 13.7. The Morgan fingerprint density at radius 3 is 2.63 bits per heavy atom. The van der Waals surface area contributed by atoms with Crippen LogP contribution >= 0.6 is 23.4 Å². The molecule has 0 bridgehead atoms. The molecular formula is C13H9ClFNO2S. The number of aromatic carboxylic acids is 1. The fraction of sp³-hybridized carbons (Fsp3) is 0. The van der Waals surface area contributed by atoms with Gasteiger partial charge >= 0.3 is 5.97 Å². The van der Waals surface area contributed by atoms with Crippen LogP contribution in [0, 0.1) is 5.82 Å². The molecule has 0 aliphatic carbocycles. The Morgan fingerprint density at radius 1 is 1.32 bits per heavy atom. The minimum absolute atomic E-state index is 0.0433. The molecule has 6 heteroatoms. The maximum Gasteiger partial charge on any atom is 0.336 e. The van der Waals surface area contributed by atoms with E-state index in [1.165, 1.54) is 18.2 Å². The molecule has 98 valence electrons. The van der Waals surface area contributed by atoms with E-state index in [-0.39, 0.29) is 21.2 Å². The SMILES string of the molecule is Nc1cc(Cl)c(Sc2ccccc2F)c(C(=O)O)c1. The highest BCUT2D eigenvalue weighted by molar-refractivity contribution is 7.99. The van der Waals surface area contributed by atoms with E-state index >= 15 is 0 Å². The van der Waals surface area contributed by atoms with E-state index in [0.29, 0.717) is 4.90 Å². The van der Waals surface area contributed by atoms with Gasteiger partial charge in [-0.25, -0.2) is 9.18 Å². The summed E-state index contributed by atoms with van der Waals surface area (Å²) in [5, 5.41) is 9.33. The fourth-order valence-electron chi connectivity index (χ4n) is 1.51. The second kappa shape index (κ2) is 5.50. The van der Waals surface area contributed by atoms with Crippen molar-refractivity contribution in [3.8, 4) is 0 Å². The smallest absolute Gasteiger partial charge is 0.336 e. The summed E-state index contributed by atoms with van der Waals surface area (Å²) in [6.45, 7) is 0. The summed E-state index contributed by atoms with van der Waals surface area (Å²) in [7, 11) is 0. The van der Waals surface area contributed by atoms with Gasteiger partial charge in [0.05, 0.1) is 10.6 Å². The molecule has 0 aliphatic heterocycles. The first-order valence-corrected chi connectivity index (χ1v) is 6.43. The van der Waals surface area contributed by atoms with Crippen LogP contribution in [0.5, 0.6) is 0 Å². The molecule has 0 aliphatic rings. The highest BCUT2D eigenvalue weighted by atomic mass is 35.5. The summed E-state index contributed by atoms with van der Waals surface area (Å²) in [4.78, 5) is 11.8. The zero-order valence-electron chi connectivity index (χ0n) is 9.56. The summed E-state index contributed by atoms with van der Waals surface area (Å²) in [6, 6.07) is 8.82. The largest absolute Gasteiger partial charge is 0.478 e. The third-order valence-electron chi connectivity index (χ3n) is 2.35. The molecule has 3 N–H and O–H groups in total. The van der Waals surface area contributed by atoms with Crippen molar-refractivity contribution in [2.24, 2.45) is 0 Å². The first-order chi connectivity index (χ1) is 8.99. The van der Waals surface area contributed by atoms with Gasteiger partial charge in [-0.1, -0.05) is 35.5 Å². The topological polar surface area (TPSA) is 63.3 Å². The molecule has 19 heavy (non-hydrogen) atoms. The lowest BCUT2D eigenvalue weighted by molar-refractivity contribution is 0.0693. The van der Waals surface area contributed by atoms with Crippen molar-refractivity contribution < 1.29 is 14.3 Å². The second-order valence-electron chi connectivity index (χ2n) is 3.72. The summed E-state index contributed by atoms with van der Waals surface area (Å²) < 4.78 is 13.6. The van der Waals surface area contributed by atoms with Crippen molar-refractivity contribution in [2.75, 3.05) is 5.73 Å². The molecule has 3 nitrogen and oxygen atoms in total. The molecule has 0 spiro atoms. The Balaban J connectivity index is 2.51. The lowest BCUT2D eigenvalue weighted by Crippen LogP contribution is -2.01. The van der Waals surface area contributed by atoms with Crippen molar-refractivity contribution in [1.29, 1.82) is 0 Å². The van der Waals surface area contributed by atoms with Gasteiger partial charge in [-0.3, -0.25) is 0 Å². The molecule has 0 amide bonds. The first-order valence-electron chi connectivity index (χ1n) is 5.23. The Labute approximate surface area is 118 Å². The predicted molar refractivity (Wildman–Crippen MR) is 73.3 cm³/mol. The highest BCUT2D eigenvalue weighted by Crippen LogP contribution is 2.38. The van der Waals surface area contributed by atoms with E-state index in [1.54, 1.807) is 18.2 Å². The summed E-state index contributed by atoms with van der Waals surface area (Å²) in [5.41, 5.74) is 5.77. The van der Waals surface area contributed by atoms with Crippen LogP contribution in [-0.4, -0.2) is 11.1 Å². The zero-order chi connectivity index (χ0) is 14.0. The molecule has 0 saturated heterocycles. The molecule has 0 unspecified atom stereocenters. The van der Waals surface area contributed by atoms with Gasteiger partial charge in [0.1, 0.15) is 5.82 Å². The van der Waals surface area contributed by atoms with Crippen molar-refractivity contribution in [1.82, 2.24) is 0 Å². The standard InChI is InChI=1S/C13H9ClFNO2S/c14-9-6-7(16)5-8(13(17)18)12(9)19-11-4-2-1-3-10(11)15/h1-6H,16H2,(H,17,18). The number of benzene rings is 2. The number of carboxylic acids is 1. The molecular weight excluding hydrogens is 289 g/mol. The molecule has 2 aromatic carbocycles. The molecule has 2 aromatic rings. The number of carbonyl (C=O) groups is 1. The van der Waals surface area contributed by atoms with Gasteiger partial charge in [-0.15, -0.1) is 0 Å². The van der Waals surface area contributed by atoms with Crippen LogP contribution < -0.4 is 5.73 Å². The number of nitrogens with two attached hydrogens (primary N) is 1. The molecule has 0 radical (unpaired) electrons. The van der Waals surface area contributed by atoms with Gasteiger partial charge < -0.3 is 10.8 Å². The Kier molecular flexibility index (Phi) is 3.97. The summed E-state index contributed by atoms with van der Waals surface area (Å²) in [5.74, 6) is -1.59. The minimum atomic E-state index is -1.16. The molecule has 0 atom stereocenters. The average molecular weight is 298 g/mol. The number of rotatable bonds is 3. The van der Waals surface area contributed by atoms with E-state index in [4.69, 9.17) is 22.4 Å². The van der Waals surface area contributed by atoms with Gasteiger partial charge in [0.2, 0.25) is 0 Å². The van der Waals surface area contributed by atoms with E-state index in [9.17, 15) is 9.18 Å². The van der Waals surface area contributed by atoms with E-state index < -0.39 is 11.8 Å². The Bertz CT molecular complexity index is 649. The Morgan fingerprint density at radius 2 is 2.00 bits per heavy atom. The third kappa shape index (κ3) is 3.00. The summed E-state index contributed by atoms with van der Waals surface area (Å²) >= 11 is 6.96. The van der Waals surface area contributed by atoms with E-state index in [0.717, 1.165) is 11.8 Å². The molecule has 0 heterocycles. The van der Waals surface area contributed by atoms with Gasteiger partial charge in [0, 0.05) is 15.5 Å². The van der Waals surface area contributed by atoms with Crippen LogP contribution in [-0.2, 0) is 0 Å². The number of nitrogen functional groups attached to an aromatic ring is 1. The number of hydrogen-bond donors (Lipinski definition) is 2. The normalized spacial score (nSPS) is 10.4. The van der Waals surface area contributed by atoms with Crippen LogP contribution in [0.4, 0.5) is 10.1 Å². The van der Waals surface area contributed by atoms with Gasteiger partial charge in [0.25, 0.3) is 0 Å². The van der Waals surface area contributed by atoms with Crippen LogP contribution in [0.25, 0.3) is 0 Å². The van der Waals surface area contributed by atoms with Crippen molar-refractivity contribution in [3.63, 3.8) is 0 Å². The zero-order valence-corrected chi connectivity index (χ0v) is 11.1. The van der Waals surface area contributed by atoms with Crippen LogP contribution in [0.15, 0.2) is 46.2 Å². The van der Waals surface area contributed by atoms with Crippen molar-refractivity contribution in [3.05, 3.63) is 52.8 Å². The number of halogens is 2. The number of anilines is 1. The maximum absolute atomic E-state index is 13.6. The number of hydrogen-bond acceptors (Lipinski definition) is 3. The van der Waals surface area contributed by atoms with Crippen molar-refractivity contribution >= 4 is 35.0 Å².